The minimum absolute atomic E-state index is 0.0774. The van der Waals surface area contributed by atoms with Crippen molar-refractivity contribution in [3.8, 4) is 0 Å². The molecule has 1 amide bonds. The lowest BCUT2D eigenvalue weighted by Gasteiger charge is -2.29. The molecular formula is C12H24N2O2. The van der Waals surface area contributed by atoms with E-state index in [0.29, 0.717) is 6.61 Å². The summed E-state index contributed by atoms with van der Waals surface area (Å²) in [4.78, 5) is 12.2. The van der Waals surface area contributed by atoms with Gasteiger partial charge in [-0.25, -0.2) is 0 Å². The van der Waals surface area contributed by atoms with Crippen molar-refractivity contribution >= 4 is 5.91 Å². The van der Waals surface area contributed by atoms with E-state index in [1.165, 1.54) is 0 Å². The minimum atomic E-state index is -0.323. The molecular weight excluding hydrogens is 204 g/mol. The minimum Gasteiger partial charge on any atom is -0.383 e. The molecule has 0 saturated carbocycles. The molecule has 2 unspecified atom stereocenters. The van der Waals surface area contributed by atoms with Crippen LogP contribution in [0.3, 0.4) is 0 Å². The number of methoxy groups -OCH3 is 1. The van der Waals surface area contributed by atoms with Crippen LogP contribution in [0.15, 0.2) is 0 Å². The van der Waals surface area contributed by atoms with Crippen LogP contribution in [-0.2, 0) is 9.53 Å². The molecule has 1 aliphatic heterocycles. The average molecular weight is 228 g/mol. The molecule has 16 heavy (non-hydrogen) atoms. The van der Waals surface area contributed by atoms with Gasteiger partial charge < -0.3 is 15.4 Å². The molecule has 0 aromatic carbocycles. The van der Waals surface area contributed by atoms with Gasteiger partial charge in [0.1, 0.15) is 0 Å². The van der Waals surface area contributed by atoms with Crippen LogP contribution in [-0.4, -0.2) is 37.7 Å². The fourth-order valence-corrected chi connectivity index (χ4v) is 2.41. The van der Waals surface area contributed by atoms with E-state index in [-0.39, 0.29) is 17.5 Å². The van der Waals surface area contributed by atoms with Crippen molar-refractivity contribution in [3.63, 3.8) is 0 Å². The number of carbonyl (C=O) groups is 1. The highest BCUT2D eigenvalue weighted by Gasteiger charge is 2.40. The molecule has 1 aliphatic rings. The van der Waals surface area contributed by atoms with Crippen LogP contribution in [0.5, 0.6) is 0 Å². The molecule has 94 valence electrons. The third-order valence-corrected chi connectivity index (χ3v) is 3.15. The molecule has 1 fully saturated rings. The van der Waals surface area contributed by atoms with Crippen LogP contribution < -0.4 is 10.6 Å². The SMILES string of the molecule is CCCC1(C(=O)NC(C)COC)CCCN1. The Kier molecular flexibility index (Phi) is 5.22. The fraction of sp³-hybridized carbons (Fsp3) is 0.917. The van der Waals surface area contributed by atoms with Crippen molar-refractivity contribution in [1.29, 1.82) is 0 Å². The van der Waals surface area contributed by atoms with Crippen LogP contribution in [0.1, 0.15) is 39.5 Å². The molecule has 2 atom stereocenters. The summed E-state index contributed by atoms with van der Waals surface area (Å²) in [5.41, 5.74) is -0.323. The number of hydrogen-bond acceptors (Lipinski definition) is 3. The van der Waals surface area contributed by atoms with Crippen molar-refractivity contribution in [2.24, 2.45) is 0 Å². The maximum atomic E-state index is 12.2. The van der Waals surface area contributed by atoms with E-state index >= 15 is 0 Å². The molecule has 0 aliphatic carbocycles. The van der Waals surface area contributed by atoms with Crippen molar-refractivity contribution < 1.29 is 9.53 Å². The summed E-state index contributed by atoms with van der Waals surface area (Å²) in [5.74, 6) is 0.136. The second-order valence-electron chi connectivity index (χ2n) is 4.69. The number of carbonyl (C=O) groups excluding carboxylic acids is 1. The highest BCUT2D eigenvalue weighted by Crippen LogP contribution is 2.25. The third kappa shape index (κ3) is 3.19. The zero-order chi connectivity index (χ0) is 12.0. The summed E-state index contributed by atoms with van der Waals surface area (Å²) >= 11 is 0. The number of nitrogens with one attached hydrogen (secondary N) is 2. The smallest absolute Gasteiger partial charge is 0.240 e. The zero-order valence-electron chi connectivity index (χ0n) is 10.6. The molecule has 1 saturated heterocycles. The summed E-state index contributed by atoms with van der Waals surface area (Å²) in [6.45, 7) is 5.60. The van der Waals surface area contributed by atoms with E-state index < -0.39 is 0 Å². The predicted molar refractivity (Wildman–Crippen MR) is 64.4 cm³/mol. The molecule has 0 bridgehead atoms. The lowest BCUT2D eigenvalue weighted by atomic mass is 9.90. The standard InChI is InChI=1S/C12H24N2O2/c1-4-6-12(7-5-8-13-12)11(15)14-10(2)9-16-3/h10,13H,4-9H2,1-3H3,(H,14,15). The van der Waals surface area contributed by atoms with Gasteiger partial charge in [-0.15, -0.1) is 0 Å². The van der Waals surface area contributed by atoms with Gasteiger partial charge in [0, 0.05) is 13.2 Å². The van der Waals surface area contributed by atoms with Gasteiger partial charge in [0.2, 0.25) is 5.91 Å². The Bertz CT molecular complexity index is 225. The molecule has 4 nitrogen and oxygen atoms in total. The first-order valence-electron chi connectivity index (χ1n) is 6.19. The maximum absolute atomic E-state index is 12.2. The molecule has 0 aromatic rings. The monoisotopic (exact) mass is 228 g/mol. The Morgan fingerprint density at radius 3 is 2.88 bits per heavy atom. The first-order valence-corrected chi connectivity index (χ1v) is 6.19. The van der Waals surface area contributed by atoms with Gasteiger partial charge >= 0.3 is 0 Å². The second kappa shape index (κ2) is 6.21. The second-order valence-corrected chi connectivity index (χ2v) is 4.69. The van der Waals surface area contributed by atoms with Gasteiger partial charge in [-0.3, -0.25) is 4.79 Å². The Hall–Kier alpha value is -0.610. The fourth-order valence-electron chi connectivity index (χ4n) is 2.41. The summed E-state index contributed by atoms with van der Waals surface area (Å²) in [6, 6.07) is 0.0774. The summed E-state index contributed by atoms with van der Waals surface area (Å²) in [5, 5.41) is 6.39. The van der Waals surface area contributed by atoms with E-state index in [9.17, 15) is 4.79 Å². The van der Waals surface area contributed by atoms with Crippen LogP contribution >= 0.6 is 0 Å². The highest BCUT2D eigenvalue weighted by atomic mass is 16.5. The van der Waals surface area contributed by atoms with E-state index in [2.05, 4.69) is 17.6 Å². The maximum Gasteiger partial charge on any atom is 0.240 e. The largest absolute Gasteiger partial charge is 0.383 e. The van der Waals surface area contributed by atoms with E-state index in [0.717, 1.165) is 32.2 Å². The number of hydrogen-bond donors (Lipinski definition) is 2. The highest BCUT2D eigenvalue weighted by molar-refractivity contribution is 5.86. The number of rotatable bonds is 6. The molecule has 0 radical (unpaired) electrons. The molecule has 2 N–H and O–H groups in total. The van der Waals surface area contributed by atoms with Gasteiger partial charge in [0.25, 0.3) is 0 Å². The average Bonchev–Trinajstić information content (AvgIpc) is 2.68. The zero-order valence-corrected chi connectivity index (χ0v) is 10.6. The van der Waals surface area contributed by atoms with Crippen LogP contribution in [0, 0.1) is 0 Å². The molecule has 4 heteroatoms. The topological polar surface area (TPSA) is 50.4 Å². The van der Waals surface area contributed by atoms with Crippen molar-refractivity contribution in [2.45, 2.75) is 51.1 Å². The van der Waals surface area contributed by atoms with Crippen molar-refractivity contribution in [1.82, 2.24) is 10.6 Å². The van der Waals surface area contributed by atoms with Crippen molar-refractivity contribution in [3.05, 3.63) is 0 Å². The first-order chi connectivity index (χ1) is 7.64. The van der Waals surface area contributed by atoms with E-state index in [1.807, 2.05) is 6.92 Å². The molecule has 0 spiro atoms. The quantitative estimate of drug-likeness (QED) is 0.714. The third-order valence-electron chi connectivity index (χ3n) is 3.15. The van der Waals surface area contributed by atoms with Crippen LogP contribution in [0.4, 0.5) is 0 Å². The van der Waals surface area contributed by atoms with Gasteiger partial charge in [0.05, 0.1) is 12.1 Å². The Balaban J connectivity index is 2.54. The Labute approximate surface area is 98.1 Å². The molecule has 1 heterocycles. The Morgan fingerprint density at radius 2 is 2.38 bits per heavy atom. The van der Waals surface area contributed by atoms with Crippen LogP contribution in [0.25, 0.3) is 0 Å². The van der Waals surface area contributed by atoms with E-state index in [4.69, 9.17) is 4.74 Å². The lowest BCUT2D eigenvalue weighted by Crippen LogP contribution is -2.55. The Morgan fingerprint density at radius 1 is 1.62 bits per heavy atom. The summed E-state index contributed by atoms with van der Waals surface area (Å²) in [7, 11) is 1.65. The van der Waals surface area contributed by atoms with Gasteiger partial charge in [-0.2, -0.15) is 0 Å². The number of amides is 1. The molecule has 1 rings (SSSR count). The van der Waals surface area contributed by atoms with Gasteiger partial charge in [0.15, 0.2) is 0 Å². The van der Waals surface area contributed by atoms with Gasteiger partial charge in [-0.05, 0) is 32.7 Å². The van der Waals surface area contributed by atoms with E-state index in [1.54, 1.807) is 7.11 Å². The first kappa shape index (κ1) is 13.5. The number of ether oxygens (including phenoxy) is 1. The van der Waals surface area contributed by atoms with Crippen LogP contribution in [0.2, 0.25) is 0 Å². The summed E-state index contributed by atoms with van der Waals surface area (Å²) in [6.07, 6.45) is 3.98. The van der Waals surface area contributed by atoms with Crippen molar-refractivity contribution in [2.75, 3.05) is 20.3 Å². The predicted octanol–water partition coefficient (Wildman–Crippen LogP) is 1.06. The lowest BCUT2D eigenvalue weighted by molar-refractivity contribution is -0.128. The summed E-state index contributed by atoms with van der Waals surface area (Å²) < 4.78 is 5.02. The molecule has 0 aromatic heterocycles. The normalized spacial score (nSPS) is 26.7. The van der Waals surface area contributed by atoms with Gasteiger partial charge in [-0.1, -0.05) is 13.3 Å².